The molecular weight excluding hydrogens is 536 g/mol. The summed E-state index contributed by atoms with van der Waals surface area (Å²) in [5, 5.41) is 7.62. The lowest BCUT2D eigenvalue weighted by Gasteiger charge is -2.24. The Hall–Kier alpha value is -4.49. The van der Waals surface area contributed by atoms with Gasteiger partial charge in [-0.25, -0.2) is 9.78 Å². The Balaban J connectivity index is 1.42. The van der Waals surface area contributed by atoms with E-state index in [1.165, 1.54) is 0 Å². The van der Waals surface area contributed by atoms with Crippen molar-refractivity contribution in [1.29, 1.82) is 0 Å². The largest absolute Gasteiger partial charge is 0.463 e. The molecule has 0 aliphatic carbocycles. The zero-order valence-electron chi connectivity index (χ0n) is 25.0. The average molecular weight is 577 g/mol. The minimum Gasteiger partial charge on any atom is -0.463 e. The Kier molecular flexibility index (Phi) is 10.2. The summed E-state index contributed by atoms with van der Waals surface area (Å²) in [6.07, 6.45) is 4.58. The molecule has 1 heterocycles. The van der Waals surface area contributed by atoms with Gasteiger partial charge in [-0.2, -0.15) is 0 Å². The van der Waals surface area contributed by atoms with Crippen LogP contribution in [-0.2, 0) is 33.6 Å². The number of esters is 1. The minimum absolute atomic E-state index is 0.175. The number of ether oxygens (including phenoxy) is 1. The van der Waals surface area contributed by atoms with E-state index in [9.17, 15) is 9.59 Å². The summed E-state index contributed by atoms with van der Waals surface area (Å²) >= 11 is 0. The number of benzene rings is 4. The first-order valence-electron chi connectivity index (χ1n) is 15.2. The molecule has 0 aliphatic heterocycles. The van der Waals surface area contributed by atoms with E-state index in [0.717, 1.165) is 51.5 Å². The van der Waals surface area contributed by atoms with Crippen molar-refractivity contribution < 1.29 is 14.3 Å². The van der Waals surface area contributed by atoms with Gasteiger partial charge in [-0.3, -0.25) is 4.79 Å². The molecule has 0 saturated heterocycles. The van der Waals surface area contributed by atoms with E-state index in [1.807, 2.05) is 36.4 Å². The molecule has 0 aliphatic rings. The van der Waals surface area contributed by atoms with Gasteiger partial charge in [0.2, 0.25) is 5.91 Å². The zero-order chi connectivity index (χ0) is 30.0. The van der Waals surface area contributed by atoms with Crippen LogP contribution in [0.25, 0.3) is 21.5 Å². The van der Waals surface area contributed by atoms with Gasteiger partial charge in [-0.05, 0) is 58.6 Å². The number of nitrogens with one attached hydrogen (secondary N) is 2. The minimum atomic E-state index is -0.841. The third-order valence-electron chi connectivity index (χ3n) is 8.19. The van der Waals surface area contributed by atoms with Crippen LogP contribution in [0.5, 0.6) is 0 Å². The molecule has 1 amide bonds. The number of carbonyl (C=O) groups is 2. The smallest absolute Gasteiger partial charge is 0.329 e. The maximum absolute atomic E-state index is 14.2. The lowest BCUT2D eigenvalue weighted by molar-refractivity contribution is -0.148. The first kappa shape index (κ1) is 30.0. The summed E-state index contributed by atoms with van der Waals surface area (Å²) in [7, 11) is 0. The van der Waals surface area contributed by atoms with E-state index in [1.54, 1.807) is 12.5 Å². The van der Waals surface area contributed by atoms with Crippen LogP contribution in [-0.4, -0.2) is 59.0 Å². The fraction of sp³-hybridized carbons (Fsp3) is 0.306. The Bertz CT molecular complexity index is 1550. The van der Waals surface area contributed by atoms with Crippen LogP contribution < -0.4 is 5.32 Å². The molecule has 0 fully saturated rings. The standard InChI is InChI=1S/C36H40N4O3/c1-3-40(4-2)19-20-43-36(42)34(23-31-24-37-25-38-31)39-35(41)30(21-28-15-9-13-26-11-5-7-17-32(26)28)22-29-16-10-14-27-12-6-8-18-33(27)29/h5-18,24-25,30,34H,3-4,19-23H2,1-2H3,(H,37,38)(H,39,41)/t34-/m0/s1. The molecule has 2 N–H and O–H groups in total. The van der Waals surface area contributed by atoms with Crippen molar-refractivity contribution in [2.24, 2.45) is 5.92 Å². The van der Waals surface area contributed by atoms with Crippen LogP contribution in [0.1, 0.15) is 30.7 Å². The second-order valence-electron chi connectivity index (χ2n) is 10.9. The van der Waals surface area contributed by atoms with Gasteiger partial charge in [0.25, 0.3) is 0 Å². The monoisotopic (exact) mass is 576 g/mol. The molecule has 5 rings (SSSR count). The van der Waals surface area contributed by atoms with E-state index in [2.05, 4.69) is 82.6 Å². The maximum Gasteiger partial charge on any atom is 0.329 e. The first-order valence-corrected chi connectivity index (χ1v) is 15.2. The molecule has 0 saturated carbocycles. The summed E-state index contributed by atoms with van der Waals surface area (Å²) in [6.45, 7) is 6.84. The summed E-state index contributed by atoms with van der Waals surface area (Å²) in [5.41, 5.74) is 2.96. The van der Waals surface area contributed by atoms with Crippen molar-refractivity contribution >= 4 is 33.4 Å². The molecule has 7 nitrogen and oxygen atoms in total. The van der Waals surface area contributed by atoms with Crippen LogP contribution in [0, 0.1) is 5.92 Å². The van der Waals surface area contributed by atoms with Crippen molar-refractivity contribution in [2.75, 3.05) is 26.2 Å². The molecule has 5 aromatic rings. The Morgan fingerprint density at radius 1 is 0.814 bits per heavy atom. The number of likely N-dealkylation sites (N-methyl/N-ethyl adjacent to an activating group) is 1. The second kappa shape index (κ2) is 14.6. The van der Waals surface area contributed by atoms with Gasteiger partial charge in [0.1, 0.15) is 12.6 Å². The molecule has 222 valence electrons. The summed E-state index contributed by atoms with van der Waals surface area (Å²) in [6, 6.07) is 28.1. The predicted octanol–water partition coefficient (Wildman–Crippen LogP) is 5.73. The Morgan fingerprint density at radius 3 is 1.95 bits per heavy atom. The number of carbonyl (C=O) groups excluding carboxylic acids is 2. The molecule has 4 aromatic carbocycles. The van der Waals surface area contributed by atoms with Gasteiger partial charge in [0, 0.05) is 30.8 Å². The Labute approximate surface area is 253 Å². The van der Waals surface area contributed by atoms with Gasteiger partial charge in [0.15, 0.2) is 0 Å². The second-order valence-corrected chi connectivity index (χ2v) is 10.9. The van der Waals surface area contributed by atoms with Crippen molar-refractivity contribution in [3.63, 3.8) is 0 Å². The molecule has 1 aromatic heterocycles. The summed E-state index contributed by atoms with van der Waals surface area (Å²) in [5.74, 6) is -1.03. The number of H-pyrrole nitrogens is 1. The molecule has 0 radical (unpaired) electrons. The van der Waals surface area contributed by atoms with Crippen LogP contribution in [0.4, 0.5) is 0 Å². The quantitative estimate of drug-likeness (QED) is 0.165. The fourth-order valence-electron chi connectivity index (χ4n) is 5.74. The summed E-state index contributed by atoms with van der Waals surface area (Å²) < 4.78 is 5.69. The third-order valence-corrected chi connectivity index (χ3v) is 8.19. The lowest BCUT2D eigenvalue weighted by Crippen LogP contribution is -2.47. The highest BCUT2D eigenvalue weighted by molar-refractivity contribution is 5.90. The van der Waals surface area contributed by atoms with Crippen molar-refractivity contribution in [2.45, 2.75) is 39.2 Å². The number of fused-ring (bicyclic) bond motifs is 2. The number of amides is 1. The van der Waals surface area contributed by atoms with Gasteiger partial charge >= 0.3 is 5.97 Å². The van der Waals surface area contributed by atoms with E-state index >= 15 is 0 Å². The highest BCUT2D eigenvalue weighted by Crippen LogP contribution is 2.26. The number of imidazole rings is 1. The normalized spacial score (nSPS) is 12.2. The van der Waals surface area contributed by atoms with Crippen molar-refractivity contribution in [3.8, 4) is 0 Å². The maximum atomic E-state index is 14.2. The summed E-state index contributed by atoms with van der Waals surface area (Å²) in [4.78, 5) is 36.9. The molecule has 1 atom stereocenters. The molecule has 0 spiro atoms. The van der Waals surface area contributed by atoms with E-state index in [4.69, 9.17) is 4.74 Å². The fourth-order valence-corrected chi connectivity index (χ4v) is 5.74. The van der Waals surface area contributed by atoms with E-state index < -0.39 is 17.9 Å². The third kappa shape index (κ3) is 7.67. The topological polar surface area (TPSA) is 87.3 Å². The van der Waals surface area contributed by atoms with E-state index in [0.29, 0.717) is 19.4 Å². The average Bonchev–Trinajstić information content (AvgIpc) is 3.56. The molecule has 0 bridgehead atoms. The molecule has 7 heteroatoms. The molecule has 43 heavy (non-hydrogen) atoms. The first-order chi connectivity index (χ1) is 21.1. The number of hydrogen-bond acceptors (Lipinski definition) is 5. The number of rotatable bonds is 14. The highest BCUT2D eigenvalue weighted by Gasteiger charge is 2.28. The molecular formula is C36H40N4O3. The van der Waals surface area contributed by atoms with Crippen molar-refractivity contribution in [3.05, 3.63) is 114 Å². The number of hydrogen-bond donors (Lipinski definition) is 2. The predicted molar refractivity (Wildman–Crippen MR) is 172 cm³/mol. The van der Waals surface area contributed by atoms with Crippen LogP contribution in [0.15, 0.2) is 97.5 Å². The van der Waals surface area contributed by atoms with Gasteiger partial charge in [-0.1, -0.05) is 98.8 Å². The highest BCUT2D eigenvalue weighted by atomic mass is 16.5. The van der Waals surface area contributed by atoms with E-state index in [-0.39, 0.29) is 18.9 Å². The van der Waals surface area contributed by atoms with Crippen LogP contribution in [0.2, 0.25) is 0 Å². The van der Waals surface area contributed by atoms with Gasteiger partial charge in [0.05, 0.1) is 6.33 Å². The lowest BCUT2D eigenvalue weighted by atomic mass is 9.87. The van der Waals surface area contributed by atoms with Gasteiger partial charge in [-0.15, -0.1) is 0 Å². The van der Waals surface area contributed by atoms with Crippen molar-refractivity contribution in [1.82, 2.24) is 20.2 Å². The number of aromatic amines is 1. The molecule has 0 unspecified atom stereocenters. The van der Waals surface area contributed by atoms with Gasteiger partial charge < -0.3 is 19.9 Å². The van der Waals surface area contributed by atoms with Crippen LogP contribution in [0.3, 0.4) is 0 Å². The number of nitrogens with zero attached hydrogens (tertiary/aromatic N) is 2. The van der Waals surface area contributed by atoms with Crippen LogP contribution >= 0.6 is 0 Å². The zero-order valence-corrected chi connectivity index (χ0v) is 25.0. The SMILES string of the molecule is CCN(CC)CCOC(=O)[C@H](Cc1cnc[nH]1)NC(=O)C(Cc1cccc2ccccc12)Cc1cccc2ccccc12. The Morgan fingerprint density at radius 2 is 1.40 bits per heavy atom. The number of aromatic nitrogens is 2.